The quantitative estimate of drug-likeness (QED) is 0.905. The fourth-order valence-corrected chi connectivity index (χ4v) is 1.80. The predicted octanol–water partition coefficient (Wildman–Crippen LogP) is 3.97. The molecule has 0 amide bonds. The van der Waals surface area contributed by atoms with Gasteiger partial charge in [-0.2, -0.15) is 0 Å². The van der Waals surface area contributed by atoms with Crippen LogP contribution in [0.2, 0.25) is 10.0 Å². The highest BCUT2D eigenvalue weighted by Crippen LogP contribution is 2.32. The zero-order valence-electron chi connectivity index (χ0n) is 8.77. The van der Waals surface area contributed by atoms with Crippen LogP contribution in [0.5, 0.6) is 5.75 Å². The minimum atomic E-state index is 0.319. The molecule has 0 saturated carbocycles. The highest BCUT2D eigenvalue weighted by molar-refractivity contribution is 6.35. The molecule has 0 unspecified atom stereocenters. The number of nitrogens with two attached hydrogens (primary N) is 1. The highest BCUT2D eigenvalue weighted by atomic mass is 35.5. The van der Waals surface area contributed by atoms with E-state index in [2.05, 4.69) is 0 Å². The summed E-state index contributed by atoms with van der Waals surface area (Å²) in [5.74, 6) is 0.562. The first kappa shape index (κ1) is 13.7. The molecule has 0 spiro atoms. The van der Waals surface area contributed by atoms with Crippen LogP contribution in [0.4, 0.5) is 0 Å². The molecule has 5 heteroatoms. The summed E-state index contributed by atoms with van der Waals surface area (Å²) in [4.78, 5) is 0. The summed E-state index contributed by atoms with van der Waals surface area (Å²) in [5.41, 5.74) is 8.73. The fourth-order valence-electron chi connectivity index (χ4n) is 1.14. The van der Waals surface area contributed by atoms with Gasteiger partial charge in [-0.1, -0.05) is 34.8 Å². The minimum Gasteiger partial charge on any atom is -0.487 e. The van der Waals surface area contributed by atoms with Crippen molar-refractivity contribution in [1.82, 2.24) is 0 Å². The van der Waals surface area contributed by atoms with E-state index in [0.717, 1.165) is 11.1 Å². The number of hydrogen-bond acceptors (Lipinski definition) is 2. The third-order valence-electron chi connectivity index (χ3n) is 1.94. The molecule has 2 N–H and O–H groups in total. The maximum absolute atomic E-state index is 6.02. The molecular weight excluding hydrogens is 268 g/mol. The normalized spacial score (nSPS) is 11.7. The monoisotopic (exact) mass is 279 g/mol. The van der Waals surface area contributed by atoms with Gasteiger partial charge in [-0.15, -0.1) is 0 Å². The first-order valence-corrected chi connectivity index (χ1v) is 5.84. The van der Waals surface area contributed by atoms with Gasteiger partial charge in [0.2, 0.25) is 0 Å². The van der Waals surface area contributed by atoms with Crippen LogP contribution < -0.4 is 10.5 Å². The second-order valence-corrected chi connectivity index (χ2v) is 4.39. The van der Waals surface area contributed by atoms with Crippen LogP contribution in [-0.4, -0.2) is 6.61 Å². The van der Waals surface area contributed by atoms with Crippen LogP contribution in [-0.2, 0) is 6.54 Å². The molecule has 88 valence electrons. The summed E-state index contributed by atoms with van der Waals surface area (Å²) in [5, 5.41) is 0.998. The van der Waals surface area contributed by atoms with E-state index in [1.165, 1.54) is 5.54 Å². The Balaban J connectivity index is 2.94. The van der Waals surface area contributed by atoms with Crippen molar-refractivity contribution in [3.8, 4) is 5.75 Å². The lowest BCUT2D eigenvalue weighted by Crippen LogP contribution is -2.05. The van der Waals surface area contributed by atoms with Crippen LogP contribution in [0, 0.1) is 0 Å². The molecule has 0 aliphatic carbocycles. The molecule has 1 rings (SSSR count). The number of hydrogen-bond donors (Lipinski definition) is 1. The molecule has 0 aliphatic heterocycles. The van der Waals surface area contributed by atoms with Crippen molar-refractivity contribution in [2.24, 2.45) is 5.73 Å². The van der Waals surface area contributed by atoms with Gasteiger partial charge in [-0.25, -0.2) is 0 Å². The zero-order chi connectivity index (χ0) is 12.1. The van der Waals surface area contributed by atoms with Gasteiger partial charge in [0.1, 0.15) is 12.4 Å². The lowest BCUT2D eigenvalue weighted by molar-refractivity contribution is 0.349. The summed E-state index contributed by atoms with van der Waals surface area (Å²) in [6, 6.07) is 3.36. The molecule has 1 aromatic rings. The maximum atomic E-state index is 6.02. The molecule has 0 radical (unpaired) electrons. The fraction of sp³-hybridized carbons (Fsp3) is 0.273. The number of rotatable bonds is 4. The van der Waals surface area contributed by atoms with Gasteiger partial charge in [-0.05, 0) is 24.6 Å². The van der Waals surface area contributed by atoms with Crippen molar-refractivity contribution in [3.05, 3.63) is 38.8 Å². The summed E-state index contributed by atoms with van der Waals surface area (Å²) in [7, 11) is 0. The van der Waals surface area contributed by atoms with E-state index in [0.29, 0.717) is 28.9 Å². The van der Waals surface area contributed by atoms with Gasteiger partial charge in [0, 0.05) is 22.7 Å². The smallest absolute Gasteiger partial charge is 0.142 e. The number of halogens is 3. The second-order valence-electron chi connectivity index (χ2n) is 3.32. The van der Waals surface area contributed by atoms with Gasteiger partial charge in [0.25, 0.3) is 0 Å². The second kappa shape index (κ2) is 6.36. The Labute approximate surface area is 110 Å². The molecule has 0 bridgehead atoms. The lowest BCUT2D eigenvalue weighted by Gasteiger charge is -2.12. The van der Waals surface area contributed by atoms with Crippen molar-refractivity contribution < 1.29 is 4.74 Å². The van der Waals surface area contributed by atoms with Crippen molar-refractivity contribution in [2.75, 3.05) is 6.61 Å². The molecule has 0 aliphatic rings. The Morgan fingerprint density at radius 1 is 1.44 bits per heavy atom. The Morgan fingerprint density at radius 2 is 2.12 bits per heavy atom. The van der Waals surface area contributed by atoms with Crippen molar-refractivity contribution in [3.63, 3.8) is 0 Å². The molecule has 0 fully saturated rings. The third-order valence-corrected chi connectivity index (χ3v) is 2.81. The minimum absolute atomic E-state index is 0.319. The van der Waals surface area contributed by atoms with Crippen molar-refractivity contribution in [1.29, 1.82) is 0 Å². The molecule has 0 atom stereocenters. The SMILES string of the molecule is CC(=CCl)COc1c(Cl)cc(Cl)cc1CN. The predicted molar refractivity (Wildman–Crippen MR) is 69.5 cm³/mol. The molecule has 0 saturated heterocycles. The average molecular weight is 281 g/mol. The lowest BCUT2D eigenvalue weighted by atomic mass is 10.2. The third kappa shape index (κ3) is 3.56. The largest absolute Gasteiger partial charge is 0.487 e. The number of ether oxygens (including phenoxy) is 1. The van der Waals surface area contributed by atoms with Crippen molar-refractivity contribution in [2.45, 2.75) is 13.5 Å². The van der Waals surface area contributed by atoms with Gasteiger partial charge < -0.3 is 10.5 Å². The van der Waals surface area contributed by atoms with Gasteiger partial charge in [0.15, 0.2) is 0 Å². The molecule has 16 heavy (non-hydrogen) atoms. The zero-order valence-corrected chi connectivity index (χ0v) is 11.0. The first-order valence-electron chi connectivity index (χ1n) is 4.65. The van der Waals surface area contributed by atoms with Gasteiger partial charge in [-0.3, -0.25) is 0 Å². The topological polar surface area (TPSA) is 35.2 Å². The highest BCUT2D eigenvalue weighted by Gasteiger charge is 2.09. The Bertz CT molecular complexity index is 404. The van der Waals surface area contributed by atoms with E-state index in [-0.39, 0.29) is 0 Å². The van der Waals surface area contributed by atoms with Crippen LogP contribution >= 0.6 is 34.8 Å². The van der Waals surface area contributed by atoms with E-state index in [1.807, 2.05) is 6.92 Å². The van der Waals surface area contributed by atoms with E-state index < -0.39 is 0 Å². The Morgan fingerprint density at radius 3 is 2.69 bits per heavy atom. The molecule has 1 aromatic carbocycles. The van der Waals surface area contributed by atoms with Crippen LogP contribution in [0.25, 0.3) is 0 Å². The first-order chi connectivity index (χ1) is 7.58. The van der Waals surface area contributed by atoms with E-state index in [4.69, 9.17) is 45.3 Å². The summed E-state index contributed by atoms with van der Waals surface area (Å²) >= 11 is 17.4. The van der Waals surface area contributed by atoms with Crippen LogP contribution in [0.1, 0.15) is 12.5 Å². The summed E-state index contributed by atoms with van der Waals surface area (Å²) < 4.78 is 5.54. The number of benzene rings is 1. The van der Waals surface area contributed by atoms with E-state index in [1.54, 1.807) is 12.1 Å². The standard InChI is InChI=1S/C11H12Cl3NO/c1-7(4-12)6-16-11-8(5-15)2-9(13)3-10(11)14/h2-4H,5-6,15H2,1H3. The maximum Gasteiger partial charge on any atom is 0.142 e. The van der Waals surface area contributed by atoms with E-state index >= 15 is 0 Å². The molecule has 0 heterocycles. The van der Waals surface area contributed by atoms with Crippen LogP contribution in [0.3, 0.4) is 0 Å². The average Bonchev–Trinajstić information content (AvgIpc) is 2.26. The van der Waals surface area contributed by atoms with Gasteiger partial charge in [0.05, 0.1) is 5.02 Å². The van der Waals surface area contributed by atoms with E-state index in [9.17, 15) is 0 Å². The molecule has 2 nitrogen and oxygen atoms in total. The van der Waals surface area contributed by atoms with Crippen molar-refractivity contribution >= 4 is 34.8 Å². The molecule has 0 aromatic heterocycles. The summed E-state index contributed by atoms with van der Waals surface area (Å²) in [6.07, 6.45) is 0. The Kier molecular flexibility index (Phi) is 5.42. The summed E-state index contributed by atoms with van der Waals surface area (Å²) in [6.45, 7) is 2.55. The Hall–Kier alpha value is -0.410. The molecular formula is C11H12Cl3NO. The van der Waals surface area contributed by atoms with Crippen LogP contribution in [0.15, 0.2) is 23.2 Å². The van der Waals surface area contributed by atoms with Gasteiger partial charge >= 0.3 is 0 Å².